The molecule has 0 saturated carbocycles. The van der Waals surface area contributed by atoms with Crippen molar-refractivity contribution in [2.75, 3.05) is 10.6 Å². The van der Waals surface area contributed by atoms with Crippen molar-refractivity contribution in [1.29, 1.82) is 0 Å². The highest BCUT2D eigenvalue weighted by molar-refractivity contribution is 6.30. The first kappa shape index (κ1) is 13.8. The summed E-state index contributed by atoms with van der Waals surface area (Å²) in [6.07, 6.45) is 0. The van der Waals surface area contributed by atoms with Crippen LogP contribution in [0.5, 0.6) is 0 Å². The molecule has 1 aliphatic rings. The van der Waals surface area contributed by atoms with E-state index in [9.17, 15) is 14.4 Å². The number of imide groups is 1. The summed E-state index contributed by atoms with van der Waals surface area (Å²) in [5, 5.41) is 0. The first-order valence-electron chi connectivity index (χ1n) is 6.63. The Balaban J connectivity index is 2.17. The molecule has 1 atom stereocenters. The fourth-order valence-electron chi connectivity index (χ4n) is 2.57. The van der Waals surface area contributed by atoms with Crippen LogP contribution in [0.3, 0.4) is 0 Å². The zero-order chi connectivity index (χ0) is 15.9. The van der Waals surface area contributed by atoms with E-state index in [2.05, 4.69) is 0 Å². The number of hydrogen-bond donors (Lipinski definition) is 2. The smallest absolute Gasteiger partial charge is 0.265 e. The summed E-state index contributed by atoms with van der Waals surface area (Å²) < 4.78 is 0. The summed E-state index contributed by atoms with van der Waals surface area (Å²) >= 11 is 0. The zero-order valence-corrected chi connectivity index (χ0v) is 11.5. The molecular weight excluding hydrogens is 282 g/mol. The number of primary amides is 1. The molecule has 0 saturated heterocycles. The van der Waals surface area contributed by atoms with Crippen molar-refractivity contribution in [2.45, 2.75) is 5.92 Å². The molecule has 0 radical (unpaired) electrons. The maximum absolute atomic E-state index is 12.6. The van der Waals surface area contributed by atoms with Gasteiger partial charge in [-0.1, -0.05) is 18.2 Å². The minimum absolute atomic E-state index is 0.294. The fraction of sp³-hybridized carbons (Fsp3) is 0.0625. The van der Waals surface area contributed by atoms with E-state index < -0.39 is 23.6 Å². The molecule has 4 N–H and O–H groups in total. The Morgan fingerprint density at radius 3 is 2.27 bits per heavy atom. The number of carbonyl (C=O) groups is 3. The van der Waals surface area contributed by atoms with Crippen molar-refractivity contribution in [3.8, 4) is 0 Å². The maximum atomic E-state index is 12.6. The molecule has 110 valence electrons. The lowest BCUT2D eigenvalue weighted by molar-refractivity contribution is -0.128. The number of rotatable bonds is 2. The van der Waals surface area contributed by atoms with E-state index in [1.54, 1.807) is 48.5 Å². The second-order valence-corrected chi connectivity index (χ2v) is 4.99. The van der Waals surface area contributed by atoms with Gasteiger partial charge in [0.1, 0.15) is 5.92 Å². The molecule has 0 fully saturated rings. The number of amides is 3. The van der Waals surface area contributed by atoms with Crippen LogP contribution in [0.4, 0.5) is 11.4 Å². The van der Waals surface area contributed by atoms with Gasteiger partial charge in [-0.25, -0.2) is 4.90 Å². The molecule has 1 aliphatic heterocycles. The van der Waals surface area contributed by atoms with Crippen LogP contribution in [0.15, 0.2) is 48.5 Å². The third-order valence-electron chi connectivity index (χ3n) is 3.61. The van der Waals surface area contributed by atoms with E-state index in [4.69, 9.17) is 11.5 Å². The lowest BCUT2D eigenvalue weighted by Crippen LogP contribution is -2.48. The highest BCUT2D eigenvalue weighted by Crippen LogP contribution is 2.32. The van der Waals surface area contributed by atoms with Crippen molar-refractivity contribution in [2.24, 2.45) is 5.73 Å². The SMILES string of the molecule is NC(=O)C1C(=O)N(c2ccc(N)cc2)C(=O)c2ccccc21. The van der Waals surface area contributed by atoms with E-state index in [-0.39, 0.29) is 0 Å². The Kier molecular flexibility index (Phi) is 3.14. The Morgan fingerprint density at radius 1 is 1.00 bits per heavy atom. The number of fused-ring (bicyclic) bond motifs is 1. The molecule has 3 rings (SSSR count). The van der Waals surface area contributed by atoms with E-state index in [0.717, 1.165) is 4.90 Å². The molecule has 22 heavy (non-hydrogen) atoms. The van der Waals surface area contributed by atoms with Crippen LogP contribution < -0.4 is 16.4 Å². The molecule has 6 nitrogen and oxygen atoms in total. The van der Waals surface area contributed by atoms with E-state index in [1.807, 2.05) is 0 Å². The zero-order valence-electron chi connectivity index (χ0n) is 11.5. The molecular formula is C16H13N3O3. The maximum Gasteiger partial charge on any atom is 0.265 e. The molecule has 6 heteroatoms. The van der Waals surface area contributed by atoms with Crippen LogP contribution in [-0.2, 0) is 9.59 Å². The van der Waals surface area contributed by atoms with Gasteiger partial charge in [-0.3, -0.25) is 14.4 Å². The highest BCUT2D eigenvalue weighted by atomic mass is 16.2. The van der Waals surface area contributed by atoms with E-state index in [1.165, 1.54) is 0 Å². The average Bonchev–Trinajstić information content (AvgIpc) is 2.49. The molecule has 1 heterocycles. The topological polar surface area (TPSA) is 106 Å². The van der Waals surface area contributed by atoms with E-state index >= 15 is 0 Å². The van der Waals surface area contributed by atoms with Gasteiger partial charge < -0.3 is 11.5 Å². The first-order chi connectivity index (χ1) is 10.5. The number of nitrogens with zero attached hydrogens (tertiary/aromatic N) is 1. The molecule has 0 bridgehead atoms. The van der Waals surface area contributed by atoms with Gasteiger partial charge >= 0.3 is 0 Å². The Bertz CT molecular complexity index is 783. The number of benzene rings is 2. The van der Waals surface area contributed by atoms with Crippen molar-refractivity contribution in [3.05, 3.63) is 59.7 Å². The van der Waals surface area contributed by atoms with Crippen LogP contribution in [-0.4, -0.2) is 17.7 Å². The summed E-state index contributed by atoms with van der Waals surface area (Å²) in [7, 11) is 0. The number of nitrogens with two attached hydrogens (primary N) is 2. The summed E-state index contributed by atoms with van der Waals surface area (Å²) in [6, 6.07) is 12.7. The predicted octanol–water partition coefficient (Wildman–Crippen LogP) is 1.02. The number of nitrogen functional groups attached to an aromatic ring is 1. The normalized spacial score (nSPS) is 17.3. The van der Waals surface area contributed by atoms with Gasteiger partial charge in [-0.15, -0.1) is 0 Å². The standard InChI is InChI=1S/C16H13N3O3/c17-9-5-7-10(8-6-9)19-15(21)12-4-2-1-3-11(12)13(14(18)20)16(19)22/h1-8,13H,17H2,(H2,18,20). The third kappa shape index (κ3) is 2.01. The van der Waals surface area contributed by atoms with Crippen LogP contribution in [0.1, 0.15) is 21.8 Å². The Hall–Kier alpha value is -3.15. The molecule has 1 unspecified atom stereocenters. The van der Waals surface area contributed by atoms with Crippen LogP contribution >= 0.6 is 0 Å². The summed E-state index contributed by atoms with van der Waals surface area (Å²) in [5.74, 6) is -3.10. The van der Waals surface area contributed by atoms with Gasteiger partial charge in [0.25, 0.3) is 11.8 Å². The highest BCUT2D eigenvalue weighted by Gasteiger charge is 2.42. The number of anilines is 2. The second kappa shape index (κ2) is 5.00. The van der Waals surface area contributed by atoms with Crippen molar-refractivity contribution >= 4 is 29.1 Å². The summed E-state index contributed by atoms with van der Waals surface area (Å²) in [4.78, 5) is 37.9. The predicted molar refractivity (Wildman–Crippen MR) is 81.0 cm³/mol. The molecule has 0 aromatic heterocycles. The van der Waals surface area contributed by atoms with Crippen molar-refractivity contribution in [1.82, 2.24) is 0 Å². The van der Waals surface area contributed by atoms with Crippen LogP contribution in [0.2, 0.25) is 0 Å². The Labute approximate surface area is 126 Å². The summed E-state index contributed by atoms with van der Waals surface area (Å²) in [6.45, 7) is 0. The lowest BCUT2D eigenvalue weighted by Gasteiger charge is -2.31. The molecule has 0 aliphatic carbocycles. The minimum Gasteiger partial charge on any atom is -0.399 e. The van der Waals surface area contributed by atoms with Crippen molar-refractivity contribution in [3.63, 3.8) is 0 Å². The van der Waals surface area contributed by atoms with E-state index in [0.29, 0.717) is 22.5 Å². The molecule has 3 amide bonds. The van der Waals surface area contributed by atoms with Gasteiger partial charge in [-0.05, 0) is 35.9 Å². The fourth-order valence-corrected chi connectivity index (χ4v) is 2.57. The number of carbonyl (C=O) groups excluding carboxylic acids is 3. The van der Waals surface area contributed by atoms with Gasteiger partial charge in [0.2, 0.25) is 5.91 Å². The van der Waals surface area contributed by atoms with Gasteiger partial charge in [0, 0.05) is 11.3 Å². The molecule has 0 spiro atoms. The largest absolute Gasteiger partial charge is 0.399 e. The lowest BCUT2D eigenvalue weighted by atomic mass is 9.87. The summed E-state index contributed by atoms with van der Waals surface area (Å²) in [5.41, 5.74) is 12.5. The Morgan fingerprint density at radius 2 is 1.64 bits per heavy atom. The first-order valence-corrected chi connectivity index (χ1v) is 6.63. The van der Waals surface area contributed by atoms with Gasteiger partial charge in [0.15, 0.2) is 0 Å². The molecule has 2 aromatic rings. The van der Waals surface area contributed by atoms with Crippen LogP contribution in [0, 0.1) is 0 Å². The monoisotopic (exact) mass is 295 g/mol. The van der Waals surface area contributed by atoms with Crippen molar-refractivity contribution < 1.29 is 14.4 Å². The second-order valence-electron chi connectivity index (χ2n) is 4.99. The van der Waals surface area contributed by atoms with Gasteiger partial charge in [-0.2, -0.15) is 0 Å². The quantitative estimate of drug-likeness (QED) is 0.490. The average molecular weight is 295 g/mol. The molecule has 2 aromatic carbocycles. The third-order valence-corrected chi connectivity index (χ3v) is 3.61. The van der Waals surface area contributed by atoms with Gasteiger partial charge in [0.05, 0.1) is 5.69 Å². The number of hydrogen-bond acceptors (Lipinski definition) is 4. The minimum atomic E-state index is -1.17. The van der Waals surface area contributed by atoms with Crippen LogP contribution in [0.25, 0.3) is 0 Å².